The van der Waals surface area contributed by atoms with Gasteiger partial charge in [-0.25, -0.2) is 0 Å². The number of carbonyl (C=O) groups excluding carboxylic acids is 1. The number of hydrogen-bond acceptors (Lipinski definition) is 2. The van der Waals surface area contributed by atoms with Crippen LogP contribution in [0.3, 0.4) is 0 Å². The third-order valence-electron chi connectivity index (χ3n) is 2.71. The third-order valence-corrected chi connectivity index (χ3v) is 4.00. The summed E-state index contributed by atoms with van der Waals surface area (Å²) in [6.07, 6.45) is 0. The van der Waals surface area contributed by atoms with Crippen LogP contribution in [0.25, 0.3) is 0 Å². The number of rotatable bonds is 3. The molecule has 0 aromatic heterocycles. The number of halogens is 2. The smallest absolute Gasteiger partial charge is 0.253 e. The number of benzene rings is 2. The highest BCUT2D eigenvalue weighted by molar-refractivity contribution is 9.10. The molecule has 1 amide bonds. The monoisotopic (exact) mass is 348 g/mol. The Kier molecular flexibility index (Phi) is 4.78. The van der Waals surface area contributed by atoms with E-state index in [1.54, 1.807) is 36.4 Å². The highest BCUT2D eigenvalue weighted by Gasteiger charge is 2.11. The molecule has 2 rings (SSSR count). The number of hydrogen-bond donors (Lipinski definition) is 1. The van der Waals surface area contributed by atoms with Crippen LogP contribution in [0.2, 0.25) is 5.02 Å². The van der Waals surface area contributed by atoms with Crippen LogP contribution >= 0.6 is 27.5 Å². The molecular weight excluding hydrogens is 340 g/mol. The molecule has 0 aliphatic heterocycles. The molecule has 0 radical (unpaired) electrons. The Bertz CT molecular complexity index is 695. The predicted octanol–water partition coefficient (Wildman–Crippen LogP) is 3.90. The van der Waals surface area contributed by atoms with E-state index < -0.39 is 0 Å². The maximum absolute atomic E-state index is 12.1. The summed E-state index contributed by atoms with van der Waals surface area (Å²) < 4.78 is 0.679. The van der Waals surface area contributed by atoms with Gasteiger partial charge in [-0.2, -0.15) is 5.26 Å². The number of nitrogens with one attached hydrogen (secondary N) is 1. The van der Waals surface area contributed by atoms with Crippen molar-refractivity contribution in [3.05, 3.63) is 68.7 Å². The van der Waals surface area contributed by atoms with Crippen molar-refractivity contribution in [2.45, 2.75) is 6.54 Å². The molecule has 0 fully saturated rings. The molecule has 3 nitrogen and oxygen atoms in total. The van der Waals surface area contributed by atoms with Gasteiger partial charge in [-0.15, -0.1) is 0 Å². The first-order chi connectivity index (χ1) is 9.61. The van der Waals surface area contributed by atoms with E-state index in [0.717, 1.165) is 5.56 Å². The summed E-state index contributed by atoms with van der Waals surface area (Å²) in [6.45, 7) is 0.344. The van der Waals surface area contributed by atoms with E-state index in [2.05, 4.69) is 27.3 Å². The molecule has 5 heteroatoms. The van der Waals surface area contributed by atoms with Gasteiger partial charge in [-0.1, -0.05) is 29.8 Å². The summed E-state index contributed by atoms with van der Waals surface area (Å²) in [4.78, 5) is 12.1. The lowest BCUT2D eigenvalue weighted by Crippen LogP contribution is -2.23. The first-order valence-electron chi connectivity index (χ1n) is 5.83. The molecule has 100 valence electrons. The van der Waals surface area contributed by atoms with Crippen molar-refractivity contribution >= 4 is 33.4 Å². The van der Waals surface area contributed by atoms with Crippen molar-refractivity contribution in [3.63, 3.8) is 0 Å². The van der Waals surface area contributed by atoms with Gasteiger partial charge < -0.3 is 5.32 Å². The highest BCUT2D eigenvalue weighted by atomic mass is 79.9. The zero-order chi connectivity index (χ0) is 14.5. The van der Waals surface area contributed by atoms with E-state index in [1.807, 2.05) is 6.07 Å². The molecule has 2 aromatic carbocycles. The topological polar surface area (TPSA) is 52.9 Å². The van der Waals surface area contributed by atoms with Crippen molar-refractivity contribution in [2.24, 2.45) is 0 Å². The standard InChI is InChI=1S/C15H10BrClN2O/c16-13-6-2-5-12(14(13)17)15(20)19-9-11-4-1-3-10(7-11)8-18/h1-7H,9H2,(H,19,20). The van der Waals surface area contributed by atoms with Crippen molar-refractivity contribution in [1.29, 1.82) is 5.26 Å². The first-order valence-corrected chi connectivity index (χ1v) is 7.00. The largest absolute Gasteiger partial charge is 0.348 e. The molecule has 0 aliphatic carbocycles. The van der Waals surface area contributed by atoms with Crippen LogP contribution in [-0.2, 0) is 6.54 Å². The Morgan fingerprint density at radius 1 is 1.30 bits per heavy atom. The van der Waals surface area contributed by atoms with Gasteiger partial charge in [0.25, 0.3) is 5.91 Å². The average Bonchev–Trinajstić information content (AvgIpc) is 2.48. The average molecular weight is 350 g/mol. The van der Waals surface area contributed by atoms with Gasteiger partial charge in [0, 0.05) is 11.0 Å². The molecule has 0 heterocycles. The SMILES string of the molecule is N#Cc1cccc(CNC(=O)c2cccc(Br)c2Cl)c1. The Balaban J connectivity index is 2.09. The second kappa shape index (κ2) is 6.56. The van der Waals surface area contributed by atoms with E-state index in [-0.39, 0.29) is 5.91 Å². The molecular formula is C15H10BrClN2O. The Hall–Kier alpha value is -1.83. The third kappa shape index (κ3) is 3.38. The Labute approximate surface area is 130 Å². The fourth-order valence-corrected chi connectivity index (χ4v) is 2.29. The summed E-state index contributed by atoms with van der Waals surface area (Å²) in [5.41, 5.74) is 1.85. The lowest BCUT2D eigenvalue weighted by molar-refractivity contribution is 0.0951. The Morgan fingerprint density at radius 2 is 2.05 bits per heavy atom. The highest BCUT2D eigenvalue weighted by Crippen LogP contribution is 2.25. The summed E-state index contributed by atoms with van der Waals surface area (Å²) in [5, 5.41) is 12.0. The second-order valence-corrected chi connectivity index (χ2v) is 5.33. The van der Waals surface area contributed by atoms with Gasteiger partial charge in [0.2, 0.25) is 0 Å². The van der Waals surface area contributed by atoms with Crippen molar-refractivity contribution in [1.82, 2.24) is 5.32 Å². The zero-order valence-corrected chi connectivity index (χ0v) is 12.7. The van der Waals surface area contributed by atoms with E-state index in [0.29, 0.717) is 27.2 Å². The molecule has 0 atom stereocenters. The molecule has 0 aliphatic rings. The maximum atomic E-state index is 12.1. The van der Waals surface area contributed by atoms with E-state index >= 15 is 0 Å². The van der Waals surface area contributed by atoms with Gasteiger partial charge in [-0.3, -0.25) is 4.79 Å². The van der Waals surface area contributed by atoms with Gasteiger partial charge >= 0.3 is 0 Å². The minimum absolute atomic E-state index is 0.251. The molecule has 0 bridgehead atoms. The van der Waals surface area contributed by atoms with Crippen LogP contribution in [0.15, 0.2) is 46.9 Å². The minimum Gasteiger partial charge on any atom is -0.348 e. The lowest BCUT2D eigenvalue weighted by Gasteiger charge is -2.08. The van der Waals surface area contributed by atoms with Crippen LogP contribution in [0, 0.1) is 11.3 Å². The van der Waals surface area contributed by atoms with Gasteiger partial charge in [0.05, 0.1) is 22.2 Å². The molecule has 0 saturated carbocycles. The molecule has 0 spiro atoms. The molecule has 2 aromatic rings. The number of carbonyl (C=O) groups is 1. The maximum Gasteiger partial charge on any atom is 0.253 e. The number of nitriles is 1. The quantitative estimate of drug-likeness (QED) is 0.913. The number of nitrogens with zero attached hydrogens (tertiary/aromatic N) is 1. The normalized spacial score (nSPS) is 9.85. The zero-order valence-electron chi connectivity index (χ0n) is 10.4. The van der Waals surface area contributed by atoms with Crippen molar-refractivity contribution < 1.29 is 4.79 Å². The molecule has 0 saturated heterocycles. The lowest BCUT2D eigenvalue weighted by atomic mass is 10.1. The van der Waals surface area contributed by atoms with Crippen LogP contribution in [0.5, 0.6) is 0 Å². The number of amides is 1. The van der Waals surface area contributed by atoms with E-state index in [9.17, 15) is 4.79 Å². The fourth-order valence-electron chi connectivity index (χ4n) is 1.71. The summed E-state index contributed by atoms with van der Waals surface area (Å²) in [6, 6.07) is 14.3. The fraction of sp³-hybridized carbons (Fsp3) is 0.0667. The van der Waals surface area contributed by atoms with E-state index in [4.69, 9.17) is 16.9 Å². The first kappa shape index (κ1) is 14.6. The van der Waals surface area contributed by atoms with Gasteiger partial charge in [0.1, 0.15) is 0 Å². The van der Waals surface area contributed by atoms with Crippen molar-refractivity contribution in [2.75, 3.05) is 0 Å². The molecule has 1 N–H and O–H groups in total. The van der Waals surface area contributed by atoms with Crippen LogP contribution < -0.4 is 5.32 Å². The van der Waals surface area contributed by atoms with Crippen molar-refractivity contribution in [3.8, 4) is 6.07 Å². The summed E-state index contributed by atoms with van der Waals surface area (Å²) in [7, 11) is 0. The van der Waals surface area contributed by atoms with Gasteiger partial charge in [0.15, 0.2) is 0 Å². The van der Waals surface area contributed by atoms with Crippen LogP contribution in [0.4, 0.5) is 0 Å². The Morgan fingerprint density at radius 3 is 2.80 bits per heavy atom. The second-order valence-electron chi connectivity index (χ2n) is 4.10. The summed E-state index contributed by atoms with van der Waals surface area (Å²) in [5.74, 6) is -0.251. The van der Waals surface area contributed by atoms with Gasteiger partial charge in [-0.05, 0) is 45.8 Å². The molecule has 20 heavy (non-hydrogen) atoms. The summed E-state index contributed by atoms with van der Waals surface area (Å²) >= 11 is 9.35. The van der Waals surface area contributed by atoms with Crippen LogP contribution in [-0.4, -0.2) is 5.91 Å². The van der Waals surface area contributed by atoms with E-state index in [1.165, 1.54) is 0 Å². The van der Waals surface area contributed by atoms with Crippen LogP contribution in [0.1, 0.15) is 21.5 Å². The predicted molar refractivity (Wildman–Crippen MR) is 81.5 cm³/mol. The minimum atomic E-state index is -0.251. The molecule has 0 unspecified atom stereocenters.